The molecular formula is C15H18Cl2O. The molecule has 18 heavy (non-hydrogen) atoms. The van der Waals surface area contributed by atoms with Crippen LogP contribution in [0.4, 0.5) is 0 Å². The fraction of sp³-hybridized carbons (Fsp3) is 0.333. The van der Waals surface area contributed by atoms with E-state index in [2.05, 4.69) is 13.2 Å². The van der Waals surface area contributed by atoms with Gasteiger partial charge in [0.1, 0.15) is 5.75 Å². The Hall–Kier alpha value is -0.920. The fourth-order valence-corrected chi connectivity index (χ4v) is 2.25. The van der Waals surface area contributed by atoms with E-state index in [1.807, 2.05) is 25.1 Å². The van der Waals surface area contributed by atoms with E-state index in [9.17, 15) is 0 Å². The van der Waals surface area contributed by atoms with Gasteiger partial charge in [0, 0.05) is 10.6 Å². The first kappa shape index (κ1) is 15.1. The summed E-state index contributed by atoms with van der Waals surface area (Å²) >= 11 is 12.2. The number of rotatable bonds is 7. The largest absolute Gasteiger partial charge is 0.489 e. The van der Waals surface area contributed by atoms with Gasteiger partial charge in [0.05, 0.1) is 11.1 Å². The summed E-state index contributed by atoms with van der Waals surface area (Å²) in [7, 11) is 0. The van der Waals surface area contributed by atoms with Crippen molar-refractivity contribution in [3.05, 3.63) is 53.1 Å². The van der Waals surface area contributed by atoms with Gasteiger partial charge in [0.15, 0.2) is 0 Å². The van der Waals surface area contributed by atoms with Crippen molar-refractivity contribution in [2.75, 3.05) is 0 Å². The lowest BCUT2D eigenvalue weighted by Gasteiger charge is -2.18. The van der Waals surface area contributed by atoms with Gasteiger partial charge in [-0.2, -0.15) is 0 Å². The Morgan fingerprint density at radius 3 is 2.61 bits per heavy atom. The lowest BCUT2D eigenvalue weighted by molar-refractivity contribution is 0.211. The molecule has 0 saturated heterocycles. The van der Waals surface area contributed by atoms with Gasteiger partial charge < -0.3 is 4.74 Å². The highest BCUT2D eigenvalue weighted by molar-refractivity contribution is 6.35. The standard InChI is InChI=1S/C15H18Cl2O/c1-4-6-8-11(3)18-15-12(7-5-2)9-13(16)10-14(15)17/h4-5,9-11H,1-2,6-8H2,3H3. The maximum atomic E-state index is 6.18. The molecule has 0 spiro atoms. The van der Waals surface area contributed by atoms with E-state index in [-0.39, 0.29) is 6.10 Å². The first-order chi connectivity index (χ1) is 8.58. The van der Waals surface area contributed by atoms with Crippen molar-refractivity contribution in [3.63, 3.8) is 0 Å². The van der Waals surface area contributed by atoms with Crippen LogP contribution in [0, 0.1) is 0 Å². The van der Waals surface area contributed by atoms with Crippen LogP contribution < -0.4 is 4.74 Å². The Morgan fingerprint density at radius 1 is 1.28 bits per heavy atom. The first-order valence-electron chi connectivity index (χ1n) is 5.94. The Labute approximate surface area is 119 Å². The molecule has 0 aliphatic carbocycles. The predicted molar refractivity (Wildman–Crippen MR) is 79.9 cm³/mol. The fourth-order valence-electron chi connectivity index (χ4n) is 1.67. The lowest BCUT2D eigenvalue weighted by Crippen LogP contribution is -2.12. The van der Waals surface area contributed by atoms with Crippen LogP contribution in [0.2, 0.25) is 10.0 Å². The molecular weight excluding hydrogens is 267 g/mol. The van der Waals surface area contributed by atoms with Crippen molar-refractivity contribution in [2.24, 2.45) is 0 Å². The molecule has 3 heteroatoms. The van der Waals surface area contributed by atoms with Gasteiger partial charge in [-0.25, -0.2) is 0 Å². The van der Waals surface area contributed by atoms with Gasteiger partial charge in [-0.1, -0.05) is 35.4 Å². The number of allylic oxidation sites excluding steroid dienone is 2. The van der Waals surface area contributed by atoms with Crippen molar-refractivity contribution >= 4 is 23.2 Å². The second kappa shape index (κ2) is 7.50. The van der Waals surface area contributed by atoms with Crippen LogP contribution in [0.25, 0.3) is 0 Å². The monoisotopic (exact) mass is 284 g/mol. The zero-order valence-corrected chi connectivity index (χ0v) is 12.1. The molecule has 0 saturated carbocycles. The van der Waals surface area contributed by atoms with E-state index >= 15 is 0 Å². The van der Waals surface area contributed by atoms with Crippen LogP contribution in [-0.4, -0.2) is 6.10 Å². The minimum atomic E-state index is 0.0882. The van der Waals surface area contributed by atoms with E-state index in [4.69, 9.17) is 27.9 Å². The number of ether oxygens (including phenoxy) is 1. The molecule has 1 aromatic rings. The SMILES string of the molecule is C=CCCC(C)Oc1c(Cl)cc(Cl)cc1CC=C. The van der Waals surface area contributed by atoms with Crippen molar-refractivity contribution in [1.29, 1.82) is 0 Å². The quantitative estimate of drug-likeness (QED) is 0.605. The topological polar surface area (TPSA) is 9.23 Å². The van der Waals surface area contributed by atoms with Gasteiger partial charge >= 0.3 is 0 Å². The Morgan fingerprint density at radius 2 is 2.00 bits per heavy atom. The summed E-state index contributed by atoms with van der Waals surface area (Å²) in [6.45, 7) is 9.45. The molecule has 1 unspecified atom stereocenters. The Bertz CT molecular complexity index is 427. The summed E-state index contributed by atoms with van der Waals surface area (Å²) in [5.41, 5.74) is 0.966. The molecule has 98 valence electrons. The maximum Gasteiger partial charge on any atom is 0.141 e. The molecule has 0 N–H and O–H groups in total. The third-order valence-electron chi connectivity index (χ3n) is 2.55. The molecule has 0 bridgehead atoms. The first-order valence-corrected chi connectivity index (χ1v) is 6.70. The van der Waals surface area contributed by atoms with Crippen molar-refractivity contribution < 1.29 is 4.74 Å². The highest BCUT2D eigenvalue weighted by Gasteiger charge is 2.12. The summed E-state index contributed by atoms with van der Waals surface area (Å²) in [5.74, 6) is 0.706. The Kier molecular flexibility index (Phi) is 6.31. The lowest BCUT2D eigenvalue weighted by atomic mass is 10.1. The molecule has 0 amide bonds. The smallest absolute Gasteiger partial charge is 0.141 e. The van der Waals surface area contributed by atoms with Crippen molar-refractivity contribution in [1.82, 2.24) is 0 Å². The second-order valence-corrected chi connectivity index (χ2v) is 5.01. The summed E-state index contributed by atoms with van der Waals surface area (Å²) in [4.78, 5) is 0. The minimum absolute atomic E-state index is 0.0882. The molecule has 0 aliphatic rings. The second-order valence-electron chi connectivity index (χ2n) is 4.16. The molecule has 1 rings (SSSR count). The van der Waals surface area contributed by atoms with Crippen LogP contribution in [0.1, 0.15) is 25.3 Å². The summed E-state index contributed by atoms with van der Waals surface area (Å²) in [6, 6.07) is 3.57. The average molecular weight is 285 g/mol. The molecule has 0 aliphatic heterocycles. The third-order valence-corrected chi connectivity index (χ3v) is 3.04. The van der Waals surface area contributed by atoms with Crippen LogP contribution in [0.3, 0.4) is 0 Å². The summed E-state index contributed by atoms with van der Waals surface area (Å²) in [6.07, 6.45) is 6.30. The molecule has 0 radical (unpaired) electrons. The van der Waals surface area contributed by atoms with E-state index < -0.39 is 0 Å². The zero-order valence-electron chi connectivity index (χ0n) is 10.6. The molecule has 1 nitrogen and oxygen atoms in total. The van der Waals surface area contributed by atoms with Crippen LogP contribution in [0.15, 0.2) is 37.4 Å². The normalized spacial score (nSPS) is 11.9. The van der Waals surface area contributed by atoms with Crippen molar-refractivity contribution in [3.8, 4) is 5.75 Å². The van der Waals surface area contributed by atoms with Crippen molar-refractivity contribution in [2.45, 2.75) is 32.3 Å². The number of hydrogen-bond donors (Lipinski definition) is 0. The van der Waals surface area contributed by atoms with Crippen LogP contribution >= 0.6 is 23.2 Å². The molecule has 1 atom stereocenters. The molecule has 0 heterocycles. The number of hydrogen-bond acceptors (Lipinski definition) is 1. The Balaban J connectivity index is 2.91. The van der Waals surface area contributed by atoms with Gasteiger partial charge in [0.2, 0.25) is 0 Å². The maximum absolute atomic E-state index is 6.18. The third kappa shape index (κ3) is 4.40. The number of benzene rings is 1. The van der Waals surface area contributed by atoms with E-state index in [1.165, 1.54) is 0 Å². The number of halogens is 2. The van der Waals surface area contributed by atoms with Crippen LogP contribution in [-0.2, 0) is 6.42 Å². The van der Waals surface area contributed by atoms with Gasteiger partial charge in [0.25, 0.3) is 0 Å². The average Bonchev–Trinajstić information content (AvgIpc) is 2.31. The van der Waals surface area contributed by atoms with Crippen LogP contribution in [0.5, 0.6) is 5.75 Å². The molecule has 0 aromatic heterocycles. The predicted octanol–water partition coefficient (Wildman–Crippen LogP) is 5.46. The highest BCUT2D eigenvalue weighted by atomic mass is 35.5. The van der Waals surface area contributed by atoms with E-state index in [1.54, 1.807) is 6.07 Å². The summed E-state index contributed by atoms with van der Waals surface area (Å²) in [5, 5.41) is 1.16. The molecule has 0 fully saturated rings. The van der Waals surface area contributed by atoms with Gasteiger partial charge in [-0.3, -0.25) is 0 Å². The molecule has 1 aromatic carbocycles. The minimum Gasteiger partial charge on any atom is -0.489 e. The van der Waals surface area contributed by atoms with E-state index in [0.717, 1.165) is 18.4 Å². The van der Waals surface area contributed by atoms with E-state index in [0.29, 0.717) is 22.2 Å². The highest BCUT2D eigenvalue weighted by Crippen LogP contribution is 2.34. The summed E-state index contributed by atoms with van der Waals surface area (Å²) < 4.78 is 5.90. The van der Waals surface area contributed by atoms with Gasteiger partial charge in [-0.05, 0) is 38.3 Å². The van der Waals surface area contributed by atoms with Gasteiger partial charge in [-0.15, -0.1) is 13.2 Å². The zero-order chi connectivity index (χ0) is 13.5.